The van der Waals surface area contributed by atoms with Gasteiger partial charge in [0.05, 0.1) is 35.4 Å². The van der Waals surface area contributed by atoms with Crippen molar-refractivity contribution in [2.24, 2.45) is 0 Å². The largest absolute Gasteiger partial charge is 0.467 e. The number of amides is 2. The molecule has 30 heavy (non-hydrogen) atoms. The molecular formula is C18H21N7O5. The van der Waals surface area contributed by atoms with Crippen molar-refractivity contribution in [1.82, 2.24) is 24.9 Å². The third-order valence-electron chi connectivity index (χ3n) is 4.40. The van der Waals surface area contributed by atoms with Gasteiger partial charge in [0.2, 0.25) is 0 Å². The van der Waals surface area contributed by atoms with Crippen molar-refractivity contribution in [1.29, 1.82) is 0 Å². The summed E-state index contributed by atoms with van der Waals surface area (Å²) in [5.74, 6) is -0.739. The summed E-state index contributed by atoms with van der Waals surface area (Å²) >= 11 is 0. The number of nitro groups is 1. The summed E-state index contributed by atoms with van der Waals surface area (Å²) in [5, 5.41) is 24.3. The summed E-state index contributed by atoms with van der Waals surface area (Å²) in [4.78, 5) is 35.6. The maximum absolute atomic E-state index is 12.7. The highest BCUT2D eigenvalue weighted by Crippen LogP contribution is 2.20. The number of furan rings is 1. The Labute approximate surface area is 171 Å². The van der Waals surface area contributed by atoms with Gasteiger partial charge < -0.3 is 25.2 Å². The van der Waals surface area contributed by atoms with Crippen LogP contribution in [0.5, 0.6) is 0 Å². The summed E-state index contributed by atoms with van der Waals surface area (Å²) < 4.78 is 7.96. The molecule has 3 aromatic heterocycles. The third-order valence-corrected chi connectivity index (χ3v) is 4.40. The minimum atomic E-state index is -0.845. The Bertz CT molecular complexity index is 1070. The van der Waals surface area contributed by atoms with Gasteiger partial charge in [0.1, 0.15) is 11.8 Å². The lowest BCUT2D eigenvalue weighted by molar-refractivity contribution is -0.389. The zero-order valence-corrected chi connectivity index (χ0v) is 16.7. The predicted molar refractivity (Wildman–Crippen MR) is 105 cm³/mol. The zero-order valence-electron chi connectivity index (χ0n) is 16.7. The minimum Gasteiger partial charge on any atom is -0.467 e. The molecule has 1 unspecified atom stereocenters. The number of nitrogens with zero attached hydrogens (tertiary/aromatic N) is 5. The minimum absolute atomic E-state index is 0.0483. The van der Waals surface area contributed by atoms with Crippen LogP contribution in [0.25, 0.3) is 0 Å². The summed E-state index contributed by atoms with van der Waals surface area (Å²) in [6.45, 7) is 5.68. The van der Waals surface area contributed by atoms with Crippen LogP contribution >= 0.6 is 0 Å². The molecule has 0 spiro atoms. The Balaban J connectivity index is 1.76. The van der Waals surface area contributed by atoms with Crippen LogP contribution in [0.4, 0.5) is 11.5 Å². The fourth-order valence-corrected chi connectivity index (χ4v) is 2.81. The van der Waals surface area contributed by atoms with E-state index in [0.29, 0.717) is 18.0 Å². The van der Waals surface area contributed by atoms with E-state index >= 15 is 0 Å². The molecule has 0 saturated carbocycles. The summed E-state index contributed by atoms with van der Waals surface area (Å²) in [7, 11) is 0. The van der Waals surface area contributed by atoms with Gasteiger partial charge in [-0.2, -0.15) is 9.78 Å². The first-order chi connectivity index (χ1) is 14.3. The van der Waals surface area contributed by atoms with E-state index in [9.17, 15) is 19.7 Å². The molecule has 3 aromatic rings. The second-order valence-corrected chi connectivity index (χ2v) is 6.52. The molecule has 0 fully saturated rings. The number of carbonyl (C=O) groups is 2. The van der Waals surface area contributed by atoms with Crippen LogP contribution in [0.2, 0.25) is 0 Å². The average Bonchev–Trinajstić information content (AvgIpc) is 3.45. The number of aromatic nitrogens is 4. The van der Waals surface area contributed by atoms with Gasteiger partial charge >= 0.3 is 5.82 Å². The normalized spacial score (nSPS) is 11.8. The van der Waals surface area contributed by atoms with E-state index in [0.717, 1.165) is 0 Å². The molecule has 0 saturated heterocycles. The Morgan fingerprint density at radius 1 is 1.37 bits per heavy atom. The first-order valence-electron chi connectivity index (χ1n) is 9.19. The van der Waals surface area contributed by atoms with Crippen LogP contribution in [0.3, 0.4) is 0 Å². The maximum Gasteiger partial charge on any atom is 0.390 e. The lowest BCUT2D eigenvalue weighted by atomic mass is 10.2. The van der Waals surface area contributed by atoms with Gasteiger partial charge in [-0.1, -0.05) is 0 Å². The lowest BCUT2D eigenvalue weighted by Gasteiger charge is -2.11. The molecule has 0 aliphatic carbocycles. The second-order valence-electron chi connectivity index (χ2n) is 6.52. The summed E-state index contributed by atoms with van der Waals surface area (Å²) in [6, 6.07) is 3.87. The molecule has 0 aliphatic heterocycles. The monoisotopic (exact) mass is 415 g/mol. The topological polar surface area (TPSA) is 150 Å². The van der Waals surface area contributed by atoms with Crippen LogP contribution in [0, 0.1) is 17.0 Å². The van der Waals surface area contributed by atoms with Gasteiger partial charge in [0.25, 0.3) is 11.8 Å². The molecule has 2 amide bonds. The van der Waals surface area contributed by atoms with Gasteiger partial charge in [-0.05, 0) is 37.8 Å². The quantitative estimate of drug-likeness (QED) is 0.422. The summed E-state index contributed by atoms with van der Waals surface area (Å²) in [6.07, 6.45) is 3.05. The first kappa shape index (κ1) is 20.8. The van der Waals surface area contributed by atoms with Crippen molar-refractivity contribution in [3.63, 3.8) is 0 Å². The number of nitrogens with one attached hydrogen (secondary N) is 2. The Morgan fingerprint density at radius 3 is 2.73 bits per heavy atom. The van der Waals surface area contributed by atoms with Crippen molar-refractivity contribution >= 4 is 23.3 Å². The molecule has 0 bridgehead atoms. The van der Waals surface area contributed by atoms with Crippen molar-refractivity contribution in [3.8, 4) is 0 Å². The molecule has 0 aliphatic rings. The average molecular weight is 415 g/mol. The lowest BCUT2D eigenvalue weighted by Crippen LogP contribution is -2.28. The van der Waals surface area contributed by atoms with E-state index in [4.69, 9.17) is 4.42 Å². The Kier molecular flexibility index (Phi) is 5.95. The number of anilines is 1. The molecule has 0 radical (unpaired) electrons. The highest BCUT2D eigenvalue weighted by atomic mass is 16.6. The van der Waals surface area contributed by atoms with E-state index in [1.807, 2.05) is 6.92 Å². The Morgan fingerprint density at radius 2 is 2.13 bits per heavy atom. The second kappa shape index (κ2) is 8.59. The van der Waals surface area contributed by atoms with Gasteiger partial charge in [0, 0.05) is 12.7 Å². The number of aryl methyl sites for hydroxylation is 2. The third kappa shape index (κ3) is 4.37. The number of rotatable bonds is 8. The van der Waals surface area contributed by atoms with E-state index < -0.39 is 22.8 Å². The predicted octanol–water partition coefficient (Wildman–Crippen LogP) is 2.04. The standard InChI is InChI=1S/C18H21N7O5/c1-4-23-10-14(16(22-23)18(27)19-9-13-6-5-7-30-13)20-17(26)12(3)24-11(2)8-15(21-24)25(28)29/h5-8,10,12H,4,9H2,1-3H3,(H,19,27)(H,20,26). The zero-order chi connectivity index (χ0) is 21.8. The van der Waals surface area contributed by atoms with E-state index in [-0.39, 0.29) is 23.7 Å². The van der Waals surface area contributed by atoms with Crippen molar-refractivity contribution in [2.45, 2.75) is 39.9 Å². The van der Waals surface area contributed by atoms with Gasteiger partial charge in [-0.3, -0.25) is 14.3 Å². The first-order valence-corrected chi connectivity index (χ1v) is 9.19. The van der Waals surface area contributed by atoms with Gasteiger partial charge in [-0.25, -0.2) is 0 Å². The molecule has 2 N–H and O–H groups in total. The van der Waals surface area contributed by atoms with Crippen molar-refractivity contribution in [3.05, 3.63) is 57.9 Å². The van der Waals surface area contributed by atoms with Crippen LogP contribution in [0.1, 0.15) is 41.8 Å². The van der Waals surface area contributed by atoms with Crippen LogP contribution in [-0.4, -0.2) is 36.3 Å². The molecule has 158 valence electrons. The number of carbonyl (C=O) groups excluding carboxylic acids is 2. The van der Waals surface area contributed by atoms with E-state index in [1.54, 1.807) is 32.2 Å². The highest BCUT2D eigenvalue weighted by Gasteiger charge is 2.26. The Hall–Kier alpha value is -3.96. The van der Waals surface area contributed by atoms with Crippen LogP contribution in [-0.2, 0) is 17.9 Å². The fraction of sp³-hybridized carbons (Fsp3) is 0.333. The van der Waals surface area contributed by atoms with Crippen LogP contribution in [0.15, 0.2) is 35.1 Å². The van der Waals surface area contributed by atoms with E-state index in [1.165, 1.54) is 21.7 Å². The number of hydrogen-bond donors (Lipinski definition) is 2. The van der Waals surface area contributed by atoms with Gasteiger partial charge in [-0.15, -0.1) is 0 Å². The van der Waals surface area contributed by atoms with Crippen LogP contribution < -0.4 is 10.6 Å². The molecular weight excluding hydrogens is 394 g/mol. The smallest absolute Gasteiger partial charge is 0.390 e. The van der Waals surface area contributed by atoms with Crippen molar-refractivity contribution in [2.75, 3.05) is 5.32 Å². The number of hydrogen-bond acceptors (Lipinski definition) is 7. The molecule has 0 aromatic carbocycles. The summed E-state index contributed by atoms with van der Waals surface area (Å²) in [5.41, 5.74) is 0.738. The molecule has 3 rings (SSSR count). The molecule has 12 nitrogen and oxygen atoms in total. The molecule has 3 heterocycles. The molecule has 1 atom stereocenters. The van der Waals surface area contributed by atoms with Gasteiger partial charge in [0.15, 0.2) is 5.69 Å². The van der Waals surface area contributed by atoms with E-state index in [2.05, 4.69) is 20.8 Å². The molecule has 12 heteroatoms. The maximum atomic E-state index is 12.7. The van der Waals surface area contributed by atoms with Crippen molar-refractivity contribution < 1.29 is 18.9 Å². The SMILES string of the molecule is CCn1cc(NC(=O)C(C)n2nc([N+](=O)[O-])cc2C)c(C(=O)NCc2ccco2)n1. The highest BCUT2D eigenvalue weighted by molar-refractivity contribution is 6.03. The fourth-order valence-electron chi connectivity index (χ4n) is 2.81.